The molecule has 0 unspecified atom stereocenters. The molecule has 0 aliphatic rings. The summed E-state index contributed by atoms with van der Waals surface area (Å²) in [5.74, 6) is 0.568. The maximum absolute atomic E-state index is 4.53. The quantitative estimate of drug-likeness (QED) is 0.638. The normalized spacial score (nSPS) is 12.3. The molecule has 0 atom stereocenters. The summed E-state index contributed by atoms with van der Waals surface area (Å²) in [6.07, 6.45) is 1.78. The molecule has 0 saturated carbocycles. The lowest BCUT2D eigenvalue weighted by Crippen LogP contribution is -2.16. The standard InChI is InChI=1S/C20H28N4/c1-7-15-13-16(8-2)22-19(21-15)24-23-14(3)17-11-9-10-12-18(17)20(4,5)6/h9-13H,7-8H2,1-6H3,(H,21,22,24). The van der Waals surface area contributed by atoms with E-state index >= 15 is 0 Å². The van der Waals surface area contributed by atoms with Gasteiger partial charge in [-0.15, -0.1) is 0 Å². The van der Waals surface area contributed by atoms with E-state index in [-0.39, 0.29) is 5.41 Å². The van der Waals surface area contributed by atoms with Crippen LogP contribution in [0.4, 0.5) is 5.95 Å². The van der Waals surface area contributed by atoms with Crippen molar-refractivity contribution in [1.29, 1.82) is 0 Å². The summed E-state index contributed by atoms with van der Waals surface area (Å²) >= 11 is 0. The van der Waals surface area contributed by atoms with Crippen molar-refractivity contribution in [2.24, 2.45) is 5.10 Å². The first-order valence-electron chi connectivity index (χ1n) is 8.62. The molecular formula is C20H28N4. The van der Waals surface area contributed by atoms with Crippen LogP contribution in [0.2, 0.25) is 0 Å². The average Bonchev–Trinajstić information content (AvgIpc) is 2.58. The number of aryl methyl sites for hydroxylation is 2. The van der Waals surface area contributed by atoms with Gasteiger partial charge in [-0.05, 0) is 36.8 Å². The molecule has 0 radical (unpaired) electrons. The number of nitrogens with zero attached hydrogens (tertiary/aromatic N) is 3. The van der Waals surface area contributed by atoms with Crippen LogP contribution in [-0.2, 0) is 18.3 Å². The average molecular weight is 324 g/mol. The predicted molar refractivity (Wildman–Crippen MR) is 102 cm³/mol. The Morgan fingerprint density at radius 3 is 2.17 bits per heavy atom. The number of hydrogen-bond donors (Lipinski definition) is 1. The minimum Gasteiger partial charge on any atom is -0.245 e. The summed E-state index contributed by atoms with van der Waals surface area (Å²) in [7, 11) is 0. The number of rotatable bonds is 5. The lowest BCUT2D eigenvalue weighted by atomic mass is 9.83. The summed E-state index contributed by atoms with van der Waals surface area (Å²) in [4.78, 5) is 9.01. The summed E-state index contributed by atoms with van der Waals surface area (Å²) in [6, 6.07) is 10.5. The number of hydrogen-bond acceptors (Lipinski definition) is 4. The molecule has 0 bridgehead atoms. The van der Waals surface area contributed by atoms with E-state index in [9.17, 15) is 0 Å². The van der Waals surface area contributed by atoms with Crippen molar-refractivity contribution in [3.05, 3.63) is 52.8 Å². The highest BCUT2D eigenvalue weighted by molar-refractivity contribution is 6.00. The van der Waals surface area contributed by atoms with Gasteiger partial charge in [-0.1, -0.05) is 58.9 Å². The highest BCUT2D eigenvalue weighted by Crippen LogP contribution is 2.26. The molecular weight excluding hydrogens is 296 g/mol. The zero-order chi connectivity index (χ0) is 17.7. The van der Waals surface area contributed by atoms with E-state index in [0.717, 1.165) is 35.5 Å². The molecule has 24 heavy (non-hydrogen) atoms. The van der Waals surface area contributed by atoms with Gasteiger partial charge in [0.15, 0.2) is 0 Å². The molecule has 128 valence electrons. The second-order valence-electron chi connectivity index (χ2n) is 6.99. The summed E-state index contributed by atoms with van der Waals surface area (Å²) in [6.45, 7) is 12.9. The maximum Gasteiger partial charge on any atom is 0.243 e. The van der Waals surface area contributed by atoms with Crippen LogP contribution in [0.3, 0.4) is 0 Å². The number of anilines is 1. The highest BCUT2D eigenvalue weighted by Gasteiger charge is 2.18. The Morgan fingerprint density at radius 2 is 1.62 bits per heavy atom. The van der Waals surface area contributed by atoms with Gasteiger partial charge in [0.25, 0.3) is 0 Å². The molecule has 0 aliphatic carbocycles. The molecule has 1 aromatic carbocycles. The molecule has 0 spiro atoms. The Labute approximate surface area is 145 Å². The molecule has 1 aromatic heterocycles. The van der Waals surface area contributed by atoms with Crippen LogP contribution in [0.1, 0.15) is 64.1 Å². The molecule has 0 saturated heterocycles. The number of aromatic nitrogens is 2. The van der Waals surface area contributed by atoms with Gasteiger partial charge < -0.3 is 0 Å². The maximum atomic E-state index is 4.53. The van der Waals surface area contributed by atoms with Crippen molar-refractivity contribution >= 4 is 11.7 Å². The lowest BCUT2D eigenvalue weighted by Gasteiger charge is -2.22. The zero-order valence-electron chi connectivity index (χ0n) is 15.6. The van der Waals surface area contributed by atoms with Gasteiger partial charge in [0.05, 0.1) is 5.71 Å². The molecule has 0 amide bonds. The fraction of sp³-hybridized carbons (Fsp3) is 0.450. The first kappa shape index (κ1) is 18.1. The molecule has 0 aliphatic heterocycles. The van der Waals surface area contributed by atoms with Crippen LogP contribution >= 0.6 is 0 Å². The minimum atomic E-state index is 0.0708. The number of benzene rings is 1. The van der Waals surface area contributed by atoms with E-state index < -0.39 is 0 Å². The van der Waals surface area contributed by atoms with Gasteiger partial charge in [0.2, 0.25) is 5.95 Å². The monoisotopic (exact) mass is 324 g/mol. The van der Waals surface area contributed by atoms with E-state index in [1.807, 2.05) is 13.0 Å². The first-order chi connectivity index (χ1) is 11.3. The van der Waals surface area contributed by atoms with Crippen molar-refractivity contribution in [3.8, 4) is 0 Å². The minimum absolute atomic E-state index is 0.0708. The Morgan fingerprint density at radius 1 is 1.04 bits per heavy atom. The summed E-state index contributed by atoms with van der Waals surface area (Å²) in [5, 5.41) is 4.53. The topological polar surface area (TPSA) is 50.2 Å². The van der Waals surface area contributed by atoms with E-state index in [2.05, 4.69) is 79.4 Å². The number of nitrogens with one attached hydrogen (secondary N) is 1. The Kier molecular flexibility index (Phi) is 5.71. The third kappa shape index (κ3) is 4.40. The number of hydrazone groups is 1. The Bertz CT molecular complexity index is 704. The van der Waals surface area contributed by atoms with E-state index in [0.29, 0.717) is 5.95 Å². The molecule has 2 rings (SSSR count). The SMILES string of the molecule is CCc1cc(CC)nc(NN=C(C)c2ccccc2C(C)(C)C)n1. The molecule has 2 aromatic rings. The first-order valence-corrected chi connectivity index (χ1v) is 8.62. The van der Waals surface area contributed by atoms with Crippen molar-refractivity contribution in [1.82, 2.24) is 9.97 Å². The third-order valence-corrected chi connectivity index (χ3v) is 4.01. The van der Waals surface area contributed by atoms with Crippen LogP contribution in [0, 0.1) is 0 Å². The molecule has 4 heteroatoms. The molecule has 1 heterocycles. The van der Waals surface area contributed by atoms with Gasteiger partial charge >= 0.3 is 0 Å². The lowest BCUT2D eigenvalue weighted by molar-refractivity contribution is 0.589. The van der Waals surface area contributed by atoms with Crippen molar-refractivity contribution in [2.45, 2.75) is 59.8 Å². The van der Waals surface area contributed by atoms with Crippen LogP contribution in [0.5, 0.6) is 0 Å². The van der Waals surface area contributed by atoms with E-state index in [1.165, 1.54) is 5.56 Å². The Balaban J connectivity index is 2.30. The van der Waals surface area contributed by atoms with Gasteiger partial charge in [0.1, 0.15) is 0 Å². The second kappa shape index (κ2) is 7.56. The smallest absolute Gasteiger partial charge is 0.243 e. The third-order valence-electron chi connectivity index (χ3n) is 4.01. The van der Waals surface area contributed by atoms with Crippen LogP contribution in [0.25, 0.3) is 0 Å². The van der Waals surface area contributed by atoms with Crippen molar-refractivity contribution in [2.75, 3.05) is 5.43 Å². The Hall–Kier alpha value is -2.23. The van der Waals surface area contributed by atoms with Gasteiger partial charge in [0, 0.05) is 17.0 Å². The van der Waals surface area contributed by atoms with Gasteiger partial charge in [-0.2, -0.15) is 5.10 Å². The van der Waals surface area contributed by atoms with Gasteiger partial charge in [-0.25, -0.2) is 15.4 Å². The molecule has 4 nitrogen and oxygen atoms in total. The highest BCUT2D eigenvalue weighted by atomic mass is 15.4. The molecule has 1 N–H and O–H groups in total. The van der Waals surface area contributed by atoms with Crippen LogP contribution in [0.15, 0.2) is 35.4 Å². The second-order valence-corrected chi connectivity index (χ2v) is 6.99. The van der Waals surface area contributed by atoms with Crippen LogP contribution in [-0.4, -0.2) is 15.7 Å². The summed E-state index contributed by atoms with van der Waals surface area (Å²) in [5.41, 5.74) is 8.55. The van der Waals surface area contributed by atoms with E-state index in [1.54, 1.807) is 0 Å². The predicted octanol–water partition coefficient (Wildman–Crippen LogP) is 4.74. The van der Waals surface area contributed by atoms with Crippen LogP contribution < -0.4 is 5.43 Å². The fourth-order valence-corrected chi connectivity index (χ4v) is 2.61. The van der Waals surface area contributed by atoms with Gasteiger partial charge in [-0.3, -0.25) is 0 Å². The largest absolute Gasteiger partial charge is 0.245 e. The van der Waals surface area contributed by atoms with Crippen molar-refractivity contribution in [3.63, 3.8) is 0 Å². The zero-order valence-corrected chi connectivity index (χ0v) is 15.6. The van der Waals surface area contributed by atoms with Crippen molar-refractivity contribution < 1.29 is 0 Å². The van der Waals surface area contributed by atoms with E-state index in [4.69, 9.17) is 0 Å². The fourth-order valence-electron chi connectivity index (χ4n) is 2.61. The molecule has 0 fully saturated rings. The summed E-state index contributed by atoms with van der Waals surface area (Å²) < 4.78 is 0.